The summed E-state index contributed by atoms with van der Waals surface area (Å²) >= 11 is 0. The maximum Gasteiger partial charge on any atom is 0.143 e. The van der Waals surface area contributed by atoms with Crippen LogP contribution in [0.25, 0.3) is 65.7 Å². The van der Waals surface area contributed by atoms with Crippen LogP contribution in [0, 0.1) is 0 Å². The molecule has 0 amide bonds. The molecule has 0 atom stereocenters. The van der Waals surface area contributed by atoms with Gasteiger partial charge in [-0.1, -0.05) is 133 Å². The molecular formula is C44H29NO. The molecule has 0 aliphatic rings. The van der Waals surface area contributed by atoms with E-state index >= 15 is 0 Å². The van der Waals surface area contributed by atoms with E-state index in [0.717, 1.165) is 39.0 Å². The van der Waals surface area contributed by atoms with Gasteiger partial charge in [-0.3, -0.25) is 0 Å². The van der Waals surface area contributed by atoms with Crippen LogP contribution >= 0.6 is 0 Å². The van der Waals surface area contributed by atoms with Crippen LogP contribution in [0.3, 0.4) is 0 Å². The minimum atomic E-state index is 0.876. The predicted molar refractivity (Wildman–Crippen MR) is 194 cm³/mol. The Bertz CT molecular complexity index is 2410. The number of hydrogen-bond donors (Lipinski definition) is 0. The van der Waals surface area contributed by atoms with Crippen LogP contribution in [0.4, 0.5) is 17.1 Å². The third-order valence-corrected chi connectivity index (χ3v) is 9.06. The number of rotatable bonds is 5. The topological polar surface area (TPSA) is 16.4 Å². The van der Waals surface area contributed by atoms with Gasteiger partial charge in [0.1, 0.15) is 11.2 Å². The first-order chi connectivity index (χ1) is 22.8. The smallest absolute Gasteiger partial charge is 0.143 e. The van der Waals surface area contributed by atoms with E-state index in [1.165, 1.54) is 43.8 Å². The van der Waals surface area contributed by atoms with Gasteiger partial charge >= 0.3 is 0 Å². The summed E-state index contributed by atoms with van der Waals surface area (Å²) in [7, 11) is 0. The van der Waals surface area contributed by atoms with Gasteiger partial charge in [0.2, 0.25) is 0 Å². The number of furan rings is 1. The summed E-state index contributed by atoms with van der Waals surface area (Å²) in [5.74, 6) is 0. The SMILES string of the molecule is c1ccc(-c2ccc(N(c3ccc(-c4ccccc4)cc3)c3ccc4c(c3)oc3c5ccccc5c5ccccc5c43)cc2)cc1. The van der Waals surface area contributed by atoms with Gasteiger partial charge in [0.05, 0.1) is 0 Å². The summed E-state index contributed by atoms with van der Waals surface area (Å²) in [5, 5.41) is 7.10. The summed E-state index contributed by atoms with van der Waals surface area (Å²) < 4.78 is 6.76. The molecule has 0 bridgehead atoms. The first-order valence-corrected chi connectivity index (χ1v) is 15.7. The number of hydrogen-bond acceptors (Lipinski definition) is 2. The van der Waals surface area contributed by atoms with Gasteiger partial charge < -0.3 is 9.32 Å². The predicted octanol–water partition coefficient (Wildman–Crippen LogP) is 12.7. The summed E-state index contributed by atoms with van der Waals surface area (Å²) in [5.41, 5.74) is 9.81. The molecule has 0 N–H and O–H groups in total. The zero-order valence-electron chi connectivity index (χ0n) is 25.1. The Morgan fingerprint density at radius 2 is 0.761 bits per heavy atom. The molecule has 0 radical (unpaired) electrons. The van der Waals surface area contributed by atoms with Crippen LogP contribution < -0.4 is 4.90 Å². The highest BCUT2D eigenvalue weighted by Crippen LogP contribution is 2.43. The normalized spacial score (nSPS) is 11.5. The highest BCUT2D eigenvalue weighted by atomic mass is 16.3. The Morgan fingerprint density at radius 1 is 0.326 bits per heavy atom. The van der Waals surface area contributed by atoms with E-state index in [-0.39, 0.29) is 0 Å². The largest absolute Gasteiger partial charge is 0.455 e. The van der Waals surface area contributed by atoms with Crippen molar-refractivity contribution in [3.8, 4) is 22.3 Å². The van der Waals surface area contributed by atoms with E-state index in [4.69, 9.17) is 4.42 Å². The van der Waals surface area contributed by atoms with Gasteiger partial charge in [-0.2, -0.15) is 0 Å². The van der Waals surface area contributed by atoms with Crippen molar-refractivity contribution < 1.29 is 4.42 Å². The van der Waals surface area contributed by atoms with Crippen molar-refractivity contribution in [1.82, 2.24) is 0 Å². The Balaban J connectivity index is 1.22. The fourth-order valence-corrected chi connectivity index (χ4v) is 6.85. The van der Waals surface area contributed by atoms with Crippen molar-refractivity contribution in [1.29, 1.82) is 0 Å². The van der Waals surface area contributed by atoms with Crippen LogP contribution in [0.15, 0.2) is 180 Å². The highest BCUT2D eigenvalue weighted by molar-refractivity contribution is 6.30. The minimum absolute atomic E-state index is 0.876. The standard InChI is InChI=1S/C44H29NO/c1-3-11-30(12-4-1)32-19-23-34(24-20-32)45(35-25-21-33(22-26-35)31-13-5-2-6-14-31)36-27-28-41-42(29-36)46-44-40-18-10-8-16-38(40)37-15-7-9-17-39(37)43(41)44/h1-29H. The zero-order chi connectivity index (χ0) is 30.5. The average molecular weight is 588 g/mol. The van der Waals surface area contributed by atoms with E-state index < -0.39 is 0 Å². The second-order valence-electron chi connectivity index (χ2n) is 11.7. The van der Waals surface area contributed by atoms with E-state index in [0.29, 0.717) is 0 Å². The van der Waals surface area contributed by atoms with Gasteiger partial charge in [0.25, 0.3) is 0 Å². The number of benzene rings is 8. The molecule has 2 heteroatoms. The maximum atomic E-state index is 6.76. The average Bonchev–Trinajstić information content (AvgIpc) is 3.53. The highest BCUT2D eigenvalue weighted by Gasteiger charge is 2.19. The van der Waals surface area contributed by atoms with Crippen molar-refractivity contribution in [2.75, 3.05) is 4.90 Å². The van der Waals surface area contributed by atoms with Gasteiger partial charge in [0, 0.05) is 39.3 Å². The van der Waals surface area contributed by atoms with E-state index in [1.54, 1.807) is 0 Å². The van der Waals surface area contributed by atoms with E-state index in [1.807, 2.05) is 0 Å². The third kappa shape index (κ3) is 4.35. The van der Waals surface area contributed by atoms with Gasteiger partial charge in [-0.25, -0.2) is 0 Å². The number of nitrogens with zero attached hydrogens (tertiary/aromatic N) is 1. The van der Waals surface area contributed by atoms with Crippen molar-refractivity contribution in [2.24, 2.45) is 0 Å². The molecule has 9 rings (SSSR count). The number of fused-ring (bicyclic) bond motifs is 8. The van der Waals surface area contributed by atoms with E-state index in [9.17, 15) is 0 Å². The van der Waals surface area contributed by atoms with Crippen LogP contribution in [-0.4, -0.2) is 0 Å². The monoisotopic (exact) mass is 587 g/mol. The molecule has 0 aliphatic carbocycles. The molecule has 0 saturated carbocycles. The lowest BCUT2D eigenvalue weighted by Crippen LogP contribution is -2.09. The molecule has 0 saturated heterocycles. The third-order valence-electron chi connectivity index (χ3n) is 9.06. The van der Waals surface area contributed by atoms with Crippen LogP contribution in [0.5, 0.6) is 0 Å². The minimum Gasteiger partial charge on any atom is -0.455 e. The van der Waals surface area contributed by atoms with Crippen molar-refractivity contribution in [3.05, 3.63) is 176 Å². The Hall–Kier alpha value is -6.12. The lowest BCUT2D eigenvalue weighted by Gasteiger charge is -2.26. The molecule has 0 fully saturated rings. The van der Waals surface area contributed by atoms with Gasteiger partial charge in [-0.15, -0.1) is 0 Å². The maximum absolute atomic E-state index is 6.76. The fourth-order valence-electron chi connectivity index (χ4n) is 6.85. The van der Waals surface area contributed by atoms with Crippen molar-refractivity contribution in [3.63, 3.8) is 0 Å². The van der Waals surface area contributed by atoms with Crippen LogP contribution in [0.1, 0.15) is 0 Å². The second kappa shape index (κ2) is 10.8. The first-order valence-electron chi connectivity index (χ1n) is 15.7. The van der Waals surface area contributed by atoms with Crippen molar-refractivity contribution >= 4 is 60.5 Å². The molecule has 216 valence electrons. The Morgan fingerprint density at radius 3 is 1.33 bits per heavy atom. The molecule has 9 aromatic rings. The lowest BCUT2D eigenvalue weighted by molar-refractivity contribution is 0.673. The lowest BCUT2D eigenvalue weighted by atomic mass is 9.97. The molecule has 0 unspecified atom stereocenters. The molecule has 8 aromatic carbocycles. The molecule has 0 aliphatic heterocycles. The Labute approximate surface area is 267 Å². The fraction of sp³-hybridized carbons (Fsp3) is 0. The summed E-state index contributed by atoms with van der Waals surface area (Å²) in [4.78, 5) is 2.31. The van der Waals surface area contributed by atoms with Crippen molar-refractivity contribution in [2.45, 2.75) is 0 Å². The first kappa shape index (κ1) is 26.3. The van der Waals surface area contributed by atoms with E-state index in [2.05, 4.69) is 181 Å². The Kier molecular flexibility index (Phi) is 6.17. The summed E-state index contributed by atoms with van der Waals surface area (Å²) in [6.45, 7) is 0. The zero-order valence-corrected chi connectivity index (χ0v) is 25.1. The molecule has 1 heterocycles. The summed E-state index contributed by atoms with van der Waals surface area (Å²) in [6, 6.07) is 62.5. The molecule has 2 nitrogen and oxygen atoms in total. The van der Waals surface area contributed by atoms with Gasteiger partial charge in [-0.05, 0) is 74.8 Å². The molecular weight excluding hydrogens is 558 g/mol. The van der Waals surface area contributed by atoms with Crippen LogP contribution in [-0.2, 0) is 0 Å². The second-order valence-corrected chi connectivity index (χ2v) is 11.7. The summed E-state index contributed by atoms with van der Waals surface area (Å²) in [6.07, 6.45) is 0. The number of anilines is 3. The molecule has 1 aromatic heterocycles. The van der Waals surface area contributed by atoms with Gasteiger partial charge in [0.15, 0.2) is 0 Å². The molecule has 46 heavy (non-hydrogen) atoms. The quantitative estimate of drug-likeness (QED) is 0.186. The van der Waals surface area contributed by atoms with Crippen LogP contribution in [0.2, 0.25) is 0 Å². The molecule has 0 spiro atoms.